The Morgan fingerprint density at radius 3 is 2.95 bits per heavy atom. The average molecular weight is 284 g/mol. The van der Waals surface area contributed by atoms with E-state index < -0.39 is 0 Å². The summed E-state index contributed by atoms with van der Waals surface area (Å²) in [6, 6.07) is 7.59. The molecule has 0 aliphatic rings. The van der Waals surface area contributed by atoms with E-state index in [4.69, 9.17) is 5.73 Å². The van der Waals surface area contributed by atoms with E-state index in [1.807, 2.05) is 35.9 Å². The van der Waals surface area contributed by atoms with Gasteiger partial charge in [-0.1, -0.05) is 11.8 Å². The molecular weight excluding hydrogens is 268 g/mol. The Morgan fingerprint density at radius 2 is 2.25 bits per heavy atom. The summed E-state index contributed by atoms with van der Waals surface area (Å²) in [6.45, 7) is 2.80. The van der Waals surface area contributed by atoms with Crippen LogP contribution in [0, 0.1) is 18.8 Å². The Morgan fingerprint density at radius 1 is 1.40 bits per heavy atom. The molecule has 2 aromatic rings. The van der Waals surface area contributed by atoms with Gasteiger partial charge in [-0.25, -0.2) is 0 Å². The fourth-order valence-corrected chi connectivity index (χ4v) is 2.49. The lowest BCUT2D eigenvalue weighted by Crippen LogP contribution is -2.22. The molecule has 0 saturated heterocycles. The lowest BCUT2D eigenvalue weighted by molar-refractivity contribution is 0.0951. The number of carbonyl (C=O) groups excluding carboxylic acids is 1. The summed E-state index contributed by atoms with van der Waals surface area (Å²) < 4.78 is 0. The lowest BCUT2D eigenvalue weighted by atomic mass is 10.1. The minimum atomic E-state index is -0.0873. The van der Waals surface area contributed by atoms with E-state index >= 15 is 0 Å². The van der Waals surface area contributed by atoms with Crippen molar-refractivity contribution in [1.82, 2.24) is 5.32 Å². The number of hydrogen-bond acceptors (Lipinski definition) is 3. The van der Waals surface area contributed by atoms with Crippen molar-refractivity contribution in [1.29, 1.82) is 0 Å². The maximum atomic E-state index is 12.1. The summed E-state index contributed by atoms with van der Waals surface area (Å²) in [4.78, 5) is 12.1. The second-order valence-electron chi connectivity index (χ2n) is 4.41. The van der Waals surface area contributed by atoms with Crippen LogP contribution in [0.2, 0.25) is 0 Å². The molecule has 0 spiro atoms. The first-order valence-corrected chi connectivity index (χ1v) is 7.23. The molecule has 0 bridgehead atoms. The fourth-order valence-electron chi connectivity index (χ4n) is 1.82. The van der Waals surface area contributed by atoms with Gasteiger partial charge in [-0.2, -0.15) is 11.3 Å². The smallest absolute Gasteiger partial charge is 0.251 e. The normalized spacial score (nSPS) is 9.70. The topological polar surface area (TPSA) is 55.1 Å². The molecule has 0 aliphatic carbocycles. The Bertz CT molecular complexity index is 651. The number of aryl methyl sites for hydroxylation is 1. The van der Waals surface area contributed by atoms with E-state index in [-0.39, 0.29) is 5.91 Å². The molecule has 102 valence electrons. The summed E-state index contributed by atoms with van der Waals surface area (Å²) in [6.07, 6.45) is 0. The zero-order valence-electron chi connectivity index (χ0n) is 11.3. The van der Waals surface area contributed by atoms with Crippen molar-refractivity contribution >= 4 is 17.2 Å². The summed E-state index contributed by atoms with van der Waals surface area (Å²) >= 11 is 1.62. The second-order valence-corrected chi connectivity index (χ2v) is 5.19. The highest BCUT2D eigenvalue weighted by Crippen LogP contribution is 2.10. The van der Waals surface area contributed by atoms with E-state index in [0.717, 1.165) is 16.7 Å². The Hall–Kier alpha value is -2.09. The van der Waals surface area contributed by atoms with Crippen molar-refractivity contribution in [3.8, 4) is 11.8 Å². The largest absolute Gasteiger partial charge is 0.348 e. The van der Waals surface area contributed by atoms with Crippen molar-refractivity contribution in [3.05, 3.63) is 57.3 Å². The Labute approximate surface area is 122 Å². The van der Waals surface area contributed by atoms with Crippen LogP contribution in [0.1, 0.15) is 27.0 Å². The quantitative estimate of drug-likeness (QED) is 0.850. The first-order valence-electron chi connectivity index (χ1n) is 6.29. The van der Waals surface area contributed by atoms with E-state index in [1.54, 1.807) is 17.4 Å². The van der Waals surface area contributed by atoms with Crippen molar-refractivity contribution in [3.63, 3.8) is 0 Å². The third-order valence-corrected chi connectivity index (χ3v) is 3.44. The molecule has 0 fully saturated rings. The van der Waals surface area contributed by atoms with Gasteiger partial charge < -0.3 is 11.1 Å². The van der Waals surface area contributed by atoms with Gasteiger partial charge in [-0.3, -0.25) is 4.79 Å². The van der Waals surface area contributed by atoms with Gasteiger partial charge in [0.05, 0.1) is 6.54 Å². The molecule has 2 rings (SSSR count). The number of benzene rings is 1. The SMILES string of the molecule is Cc1cc(C#CCN)cc(C(=O)NCc2ccsc2)c1. The molecule has 1 heterocycles. The van der Waals surface area contributed by atoms with Crippen LogP contribution in [-0.2, 0) is 6.54 Å². The maximum Gasteiger partial charge on any atom is 0.251 e. The Balaban J connectivity index is 2.10. The van der Waals surface area contributed by atoms with Crippen LogP contribution in [0.4, 0.5) is 0 Å². The molecule has 0 aliphatic heterocycles. The average Bonchev–Trinajstić information content (AvgIpc) is 2.95. The molecule has 3 nitrogen and oxygen atoms in total. The van der Waals surface area contributed by atoms with Crippen molar-refractivity contribution in [2.75, 3.05) is 6.54 Å². The molecule has 0 radical (unpaired) electrons. The van der Waals surface area contributed by atoms with Crippen LogP contribution in [0.25, 0.3) is 0 Å². The molecule has 1 aromatic carbocycles. The van der Waals surface area contributed by atoms with Crippen LogP contribution in [-0.4, -0.2) is 12.5 Å². The molecule has 1 aromatic heterocycles. The summed E-state index contributed by atoms with van der Waals surface area (Å²) in [7, 11) is 0. The van der Waals surface area contributed by atoms with Crippen molar-refractivity contribution in [2.24, 2.45) is 5.73 Å². The number of nitrogens with two attached hydrogens (primary N) is 1. The third-order valence-electron chi connectivity index (χ3n) is 2.71. The van der Waals surface area contributed by atoms with Crippen molar-refractivity contribution < 1.29 is 4.79 Å². The molecule has 4 heteroatoms. The fraction of sp³-hybridized carbons (Fsp3) is 0.188. The first kappa shape index (κ1) is 14.3. The standard InChI is InChI=1S/C16H16N2OS/c1-12-7-13(3-2-5-17)9-15(8-12)16(19)18-10-14-4-6-20-11-14/h4,6-9,11H,5,10,17H2,1H3,(H,18,19). The van der Waals surface area contributed by atoms with E-state index in [2.05, 4.69) is 17.2 Å². The lowest BCUT2D eigenvalue weighted by Gasteiger charge is -2.06. The van der Waals surface area contributed by atoms with Gasteiger partial charge in [0.1, 0.15) is 0 Å². The van der Waals surface area contributed by atoms with Gasteiger partial charge >= 0.3 is 0 Å². The number of rotatable bonds is 3. The van der Waals surface area contributed by atoms with Crippen LogP contribution >= 0.6 is 11.3 Å². The molecule has 0 atom stereocenters. The second kappa shape index (κ2) is 6.90. The zero-order valence-corrected chi connectivity index (χ0v) is 12.1. The van der Waals surface area contributed by atoms with Crippen LogP contribution < -0.4 is 11.1 Å². The minimum absolute atomic E-state index is 0.0873. The van der Waals surface area contributed by atoms with Gasteiger partial charge in [0.2, 0.25) is 0 Å². The predicted octanol–water partition coefficient (Wildman–Crippen LogP) is 2.30. The van der Waals surface area contributed by atoms with Gasteiger partial charge in [0.25, 0.3) is 5.91 Å². The third kappa shape index (κ3) is 3.95. The maximum absolute atomic E-state index is 12.1. The van der Waals surface area contributed by atoms with Gasteiger partial charge in [-0.05, 0) is 53.1 Å². The van der Waals surface area contributed by atoms with E-state index in [0.29, 0.717) is 18.7 Å². The van der Waals surface area contributed by atoms with Crippen LogP contribution in [0.15, 0.2) is 35.0 Å². The van der Waals surface area contributed by atoms with Crippen LogP contribution in [0.3, 0.4) is 0 Å². The van der Waals surface area contributed by atoms with Gasteiger partial charge in [0.15, 0.2) is 0 Å². The summed E-state index contributed by atoms with van der Waals surface area (Å²) in [5.41, 5.74) is 8.92. The van der Waals surface area contributed by atoms with Gasteiger partial charge in [-0.15, -0.1) is 0 Å². The van der Waals surface area contributed by atoms with Crippen molar-refractivity contribution in [2.45, 2.75) is 13.5 Å². The van der Waals surface area contributed by atoms with Gasteiger partial charge in [0, 0.05) is 17.7 Å². The monoisotopic (exact) mass is 284 g/mol. The number of amides is 1. The van der Waals surface area contributed by atoms with E-state index in [9.17, 15) is 4.79 Å². The van der Waals surface area contributed by atoms with E-state index in [1.165, 1.54) is 0 Å². The number of thiophene rings is 1. The molecule has 0 unspecified atom stereocenters. The molecule has 1 amide bonds. The zero-order chi connectivity index (χ0) is 14.4. The highest BCUT2D eigenvalue weighted by atomic mass is 32.1. The Kier molecular flexibility index (Phi) is 4.94. The number of nitrogens with one attached hydrogen (secondary N) is 1. The number of hydrogen-bond donors (Lipinski definition) is 2. The minimum Gasteiger partial charge on any atom is -0.348 e. The molecule has 0 saturated carbocycles. The highest BCUT2D eigenvalue weighted by molar-refractivity contribution is 7.07. The molecule has 20 heavy (non-hydrogen) atoms. The number of carbonyl (C=O) groups is 1. The summed E-state index contributed by atoms with van der Waals surface area (Å²) in [5.74, 6) is 5.67. The molecule has 3 N–H and O–H groups in total. The predicted molar refractivity (Wildman–Crippen MR) is 82.6 cm³/mol. The van der Waals surface area contributed by atoms with Crippen LogP contribution in [0.5, 0.6) is 0 Å². The molecular formula is C16H16N2OS. The first-order chi connectivity index (χ1) is 9.69. The summed E-state index contributed by atoms with van der Waals surface area (Å²) in [5, 5.41) is 6.92. The highest BCUT2D eigenvalue weighted by Gasteiger charge is 2.07.